The fourth-order valence-corrected chi connectivity index (χ4v) is 2.86. The fraction of sp³-hybridized carbons (Fsp3) is 0.381. The average Bonchev–Trinajstić information content (AvgIpc) is 2.70. The van der Waals surface area contributed by atoms with Crippen molar-refractivity contribution in [2.45, 2.75) is 6.04 Å². The van der Waals surface area contributed by atoms with Gasteiger partial charge in [-0.3, -0.25) is 4.79 Å². The van der Waals surface area contributed by atoms with Crippen LogP contribution in [0, 0.1) is 0 Å². The summed E-state index contributed by atoms with van der Waals surface area (Å²) in [5.41, 5.74) is 1.75. The van der Waals surface area contributed by atoms with E-state index < -0.39 is 0 Å². The van der Waals surface area contributed by atoms with Crippen molar-refractivity contribution in [3.8, 4) is 17.2 Å². The van der Waals surface area contributed by atoms with Gasteiger partial charge in [-0.25, -0.2) is 0 Å². The predicted octanol–water partition coefficient (Wildman–Crippen LogP) is 2.79. The maximum Gasteiger partial charge on any atom is 0.176 e. The number of hydrogen-bond acceptors (Lipinski definition) is 6. The molecule has 0 bridgehead atoms. The van der Waals surface area contributed by atoms with E-state index in [1.807, 2.05) is 38.4 Å². The Balaban J connectivity index is 1.98. The van der Waals surface area contributed by atoms with Gasteiger partial charge in [0.05, 0.1) is 27.9 Å². The molecule has 2 aromatic rings. The molecule has 0 radical (unpaired) electrons. The maximum absolute atomic E-state index is 12.5. The zero-order valence-electron chi connectivity index (χ0n) is 16.6. The van der Waals surface area contributed by atoms with Crippen LogP contribution in [0.15, 0.2) is 42.5 Å². The molecule has 0 saturated heterocycles. The van der Waals surface area contributed by atoms with Crippen LogP contribution in [0.25, 0.3) is 0 Å². The highest BCUT2D eigenvalue weighted by atomic mass is 16.5. The summed E-state index contributed by atoms with van der Waals surface area (Å²) in [5.74, 6) is 1.98. The lowest BCUT2D eigenvalue weighted by atomic mass is 10.1. The van der Waals surface area contributed by atoms with Crippen LogP contribution in [-0.2, 0) is 0 Å². The van der Waals surface area contributed by atoms with Crippen LogP contribution in [-0.4, -0.2) is 59.2 Å². The smallest absolute Gasteiger partial charge is 0.176 e. The van der Waals surface area contributed by atoms with Crippen molar-refractivity contribution < 1.29 is 19.0 Å². The first-order valence-corrected chi connectivity index (χ1v) is 8.76. The predicted molar refractivity (Wildman–Crippen MR) is 106 cm³/mol. The average molecular weight is 372 g/mol. The molecule has 6 heteroatoms. The number of carbonyl (C=O) groups excluding carboxylic acids is 1. The first kappa shape index (κ1) is 20.7. The van der Waals surface area contributed by atoms with E-state index in [0.717, 1.165) is 11.3 Å². The van der Waals surface area contributed by atoms with E-state index in [9.17, 15) is 4.79 Å². The third kappa shape index (κ3) is 5.45. The minimum atomic E-state index is 0.00295. The van der Waals surface area contributed by atoms with Crippen LogP contribution in [0.1, 0.15) is 22.0 Å². The molecule has 6 nitrogen and oxygen atoms in total. The third-order valence-electron chi connectivity index (χ3n) is 4.45. The Morgan fingerprint density at radius 2 is 1.63 bits per heavy atom. The molecule has 0 spiro atoms. The van der Waals surface area contributed by atoms with Gasteiger partial charge < -0.3 is 24.4 Å². The Kier molecular flexibility index (Phi) is 7.64. The van der Waals surface area contributed by atoms with Gasteiger partial charge in [-0.15, -0.1) is 0 Å². The minimum absolute atomic E-state index is 0.00295. The van der Waals surface area contributed by atoms with Gasteiger partial charge in [0.25, 0.3) is 0 Å². The Morgan fingerprint density at radius 1 is 0.963 bits per heavy atom. The molecule has 2 aromatic carbocycles. The Hall–Kier alpha value is -2.57. The van der Waals surface area contributed by atoms with E-state index in [-0.39, 0.29) is 18.4 Å². The first-order valence-electron chi connectivity index (χ1n) is 8.76. The second kappa shape index (κ2) is 9.94. The van der Waals surface area contributed by atoms with Crippen LogP contribution >= 0.6 is 0 Å². The van der Waals surface area contributed by atoms with Crippen LogP contribution in [0.4, 0.5) is 0 Å². The van der Waals surface area contributed by atoms with Crippen molar-refractivity contribution in [2.24, 2.45) is 0 Å². The summed E-state index contributed by atoms with van der Waals surface area (Å²) in [6, 6.07) is 13.3. The van der Waals surface area contributed by atoms with E-state index >= 15 is 0 Å². The molecule has 1 N–H and O–H groups in total. The number of hydrogen-bond donors (Lipinski definition) is 1. The fourth-order valence-electron chi connectivity index (χ4n) is 2.86. The number of carbonyl (C=O) groups is 1. The summed E-state index contributed by atoms with van der Waals surface area (Å²) in [5, 5.41) is 3.26. The van der Waals surface area contributed by atoms with Gasteiger partial charge in [-0.05, 0) is 50.0 Å². The Labute approximate surface area is 161 Å². The molecule has 2 rings (SSSR count). The molecular formula is C21H28N2O4. The summed E-state index contributed by atoms with van der Waals surface area (Å²) in [4.78, 5) is 14.6. The van der Waals surface area contributed by atoms with Gasteiger partial charge in [0.1, 0.15) is 5.75 Å². The second-order valence-electron chi connectivity index (χ2n) is 6.38. The van der Waals surface area contributed by atoms with Gasteiger partial charge in [0, 0.05) is 18.2 Å². The first-order chi connectivity index (χ1) is 13.0. The number of methoxy groups -OCH3 is 3. The number of benzene rings is 2. The molecule has 0 aromatic heterocycles. The highest BCUT2D eigenvalue weighted by Gasteiger charge is 2.16. The standard InChI is InChI=1S/C21H28N2O4/c1-23(2)18(15-6-9-17(25-3)10-7-15)13-22-14-19(24)16-8-11-20(26-4)21(12-16)27-5/h6-12,18,22H,13-14H2,1-5H3. The number of Topliss-reactive ketones (excluding diaryl/α,β-unsaturated/α-hetero) is 1. The van der Waals surface area contributed by atoms with Gasteiger partial charge in [0.2, 0.25) is 0 Å². The summed E-state index contributed by atoms with van der Waals surface area (Å²) in [6.45, 7) is 0.897. The van der Waals surface area contributed by atoms with Gasteiger partial charge in [0.15, 0.2) is 17.3 Å². The van der Waals surface area contributed by atoms with E-state index in [0.29, 0.717) is 23.6 Å². The molecular weight excluding hydrogens is 344 g/mol. The normalized spacial score (nSPS) is 11.9. The number of nitrogens with zero attached hydrogens (tertiary/aromatic N) is 1. The zero-order valence-corrected chi connectivity index (χ0v) is 16.6. The molecule has 27 heavy (non-hydrogen) atoms. The zero-order chi connectivity index (χ0) is 19.8. The minimum Gasteiger partial charge on any atom is -0.497 e. The van der Waals surface area contributed by atoms with Crippen molar-refractivity contribution >= 4 is 5.78 Å². The number of ketones is 1. The Morgan fingerprint density at radius 3 is 2.19 bits per heavy atom. The van der Waals surface area contributed by atoms with Crippen LogP contribution in [0.5, 0.6) is 17.2 Å². The van der Waals surface area contributed by atoms with Crippen molar-refractivity contribution in [1.29, 1.82) is 0 Å². The molecule has 0 heterocycles. The highest BCUT2D eigenvalue weighted by Crippen LogP contribution is 2.27. The lowest BCUT2D eigenvalue weighted by molar-refractivity contribution is 0.0988. The van der Waals surface area contributed by atoms with Crippen molar-refractivity contribution in [2.75, 3.05) is 48.5 Å². The molecule has 0 fully saturated rings. The van der Waals surface area contributed by atoms with Crippen LogP contribution < -0.4 is 19.5 Å². The van der Waals surface area contributed by atoms with Gasteiger partial charge >= 0.3 is 0 Å². The quantitative estimate of drug-likeness (QED) is 0.647. The third-order valence-corrected chi connectivity index (χ3v) is 4.45. The summed E-state index contributed by atoms with van der Waals surface area (Å²) in [6.07, 6.45) is 0. The summed E-state index contributed by atoms with van der Waals surface area (Å²) in [7, 11) is 8.82. The van der Waals surface area contributed by atoms with Crippen LogP contribution in [0.2, 0.25) is 0 Å². The number of rotatable bonds is 10. The van der Waals surface area contributed by atoms with Crippen molar-refractivity contribution in [3.05, 3.63) is 53.6 Å². The number of likely N-dealkylation sites (N-methyl/N-ethyl adjacent to an activating group) is 1. The topological polar surface area (TPSA) is 60.0 Å². The van der Waals surface area contributed by atoms with Gasteiger partial charge in [-0.1, -0.05) is 12.1 Å². The molecule has 0 aliphatic rings. The van der Waals surface area contributed by atoms with Crippen molar-refractivity contribution in [3.63, 3.8) is 0 Å². The number of nitrogens with one attached hydrogen (secondary N) is 1. The number of ether oxygens (including phenoxy) is 3. The molecule has 0 aliphatic carbocycles. The largest absolute Gasteiger partial charge is 0.497 e. The van der Waals surface area contributed by atoms with E-state index in [1.165, 1.54) is 0 Å². The van der Waals surface area contributed by atoms with E-state index in [4.69, 9.17) is 14.2 Å². The maximum atomic E-state index is 12.5. The highest BCUT2D eigenvalue weighted by molar-refractivity contribution is 5.98. The molecule has 0 amide bonds. The summed E-state index contributed by atoms with van der Waals surface area (Å²) < 4.78 is 15.7. The monoisotopic (exact) mass is 372 g/mol. The van der Waals surface area contributed by atoms with E-state index in [1.54, 1.807) is 39.5 Å². The molecule has 1 unspecified atom stereocenters. The van der Waals surface area contributed by atoms with Crippen LogP contribution in [0.3, 0.4) is 0 Å². The molecule has 0 saturated carbocycles. The van der Waals surface area contributed by atoms with Crippen molar-refractivity contribution in [1.82, 2.24) is 10.2 Å². The SMILES string of the molecule is COc1ccc(C(CNCC(=O)c2ccc(OC)c(OC)c2)N(C)C)cc1. The lowest BCUT2D eigenvalue weighted by Crippen LogP contribution is -2.33. The summed E-state index contributed by atoms with van der Waals surface area (Å²) >= 11 is 0. The lowest BCUT2D eigenvalue weighted by Gasteiger charge is -2.25. The molecule has 0 aliphatic heterocycles. The molecule has 146 valence electrons. The van der Waals surface area contributed by atoms with Gasteiger partial charge in [-0.2, -0.15) is 0 Å². The van der Waals surface area contributed by atoms with E-state index in [2.05, 4.69) is 10.2 Å². The second-order valence-corrected chi connectivity index (χ2v) is 6.38. The Bertz CT molecular complexity index is 744. The molecule has 1 atom stereocenters.